The summed E-state index contributed by atoms with van der Waals surface area (Å²) in [6.07, 6.45) is 2.72. The van der Waals surface area contributed by atoms with Crippen LogP contribution in [0.15, 0.2) is 46.6 Å². The summed E-state index contributed by atoms with van der Waals surface area (Å²) in [5.41, 5.74) is 0.364. The van der Waals surface area contributed by atoms with E-state index in [0.717, 1.165) is 0 Å². The van der Waals surface area contributed by atoms with Gasteiger partial charge in [0.1, 0.15) is 11.6 Å². The number of nitrogens with zero attached hydrogens (tertiary/aromatic N) is 1. The van der Waals surface area contributed by atoms with E-state index in [1.54, 1.807) is 25.1 Å². The summed E-state index contributed by atoms with van der Waals surface area (Å²) < 4.78 is 20.2. The molecule has 0 bridgehead atoms. The monoisotopic (exact) mass is 341 g/mol. The van der Waals surface area contributed by atoms with Crippen molar-refractivity contribution in [1.29, 1.82) is 5.26 Å². The molecule has 1 aromatic carbocycles. The summed E-state index contributed by atoms with van der Waals surface area (Å²) in [5, 5.41) is 9.06. The van der Waals surface area contributed by atoms with Gasteiger partial charge in [-0.25, -0.2) is 9.59 Å². The van der Waals surface area contributed by atoms with Crippen LogP contribution in [0.4, 0.5) is 0 Å². The highest BCUT2D eigenvalue weighted by Crippen LogP contribution is 2.29. The molecule has 0 aliphatic rings. The van der Waals surface area contributed by atoms with Gasteiger partial charge in [0.15, 0.2) is 11.5 Å². The minimum absolute atomic E-state index is 0.0557. The number of ether oxygens (including phenoxy) is 3. The number of rotatable bonds is 6. The highest BCUT2D eigenvalue weighted by molar-refractivity contribution is 5.98. The molecule has 1 heterocycles. The number of carbonyl (C=O) groups is 2. The summed E-state index contributed by atoms with van der Waals surface area (Å²) in [6, 6.07) is 9.43. The molecular weight excluding hydrogens is 326 g/mol. The first kappa shape index (κ1) is 17.8. The summed E-state index contributed by atoms with van der Waals surface area (Å²) in [5.74, 6) is -0.890. The summed E-state index contributed by atoms with van der Waals surface area (Å²) in [6.45, 7) is 1.82. The lowest BCUT2D eigenvalue weighted by molar-refractivity contribution is -0.137. The third kappa shape index (κ3) is 4.48. The number of furan rings is 1. The Hall–Kier alpha value is -3.53. The van der Waals surface area contributed by atoms with Gasteiger partial charge in [0, 0.05) is 0 Å². The van der Waals surface area contributed by atoms with Gasteiger partial charge >= 0.3 is 11.9 Å². The topological polar surface area (TPSA) is 98.8 Å². The molecule has 1 aromatic heterocycles. The molecule has 25 heavy (non-hydrogen) atoms. The van der Waals surface area contributed by atoms with Crippen molar-refractivity contribution >= 4 is 18.0 Å². The van der Waals surface area contributed by atoms with Crippen molar-refractivity contribution in [2.75, 3.05) is 13.7 Å². The first-order chi connectivity index (χ1) is 12.1. The summed E-state index contributed by atoms with van der Waals surface area (Å²) in [4.78, 5) is 23.6. The van der Waals surface area contributed by atoms with Gasteiger partial charge in [-0.3, -0.25) is 0 Å². The van der Waals surface area contributed by atoms with Crippen molar-refractivity contribution in [3.05, 3.63) is 53.5 Å². The first-order valence-electron chi connectivity index (χ1n) is 7.31. The molecule has 0 fully saturated rings. The van der Waals surface area contributed by atoms with Crippen molar-refractivity contribution in [3.8, 4) is 17.6 Å². The van der Waals surface area contributed by atoms with Gasteiger partial charge < -0.3 is 18.6 Å². The van der Waals surface area contributed by atoms with Crippen molar-refractivity contribution < 1.29 is 28.2 Å². The number of nitriles is 1. The molecule has 0 saturated heterocycles. The molecule has 0 amide bonds. The van der Waals surface area contributed by atoms with Crippen molar-refractivity contribution in [1.82, 2.24) is 0 Å². The number of esters is 2. The normalized spacial score (nSPS) is 10.7. The van der Waals surface area contributed by atoms with E-state index in [1.807, 2.05) is 0 Å². The zero-order valence-electron chi connectivity index (χ0n) is 13.6. The summed E-state index contributed by atoms with van der Waals surface area (Å²) in [7, 11) is 1.41. The second-order valence-electron chi connectivity index (χ2n) is 4.67. The Morgan fingerprint density at radius 1 is 1.28 bits per heavy atom. The molecule has 0 N–H and O–H groups in total. The fourth-order valence-corrected chi connectivity index (χ4v) is 1.92. The predicted molar refractivity (Wildman–Crippen MR) is 86.9 cm³/mol. The Labute approximate surface area is 144 Å². The molecule has 128 valence electrons. The molecule has 7 nitrogen and oxygen atoms in total. The van der Waals surface area contributed by atoms with Crippen LogP contribution in [0.5, 0.6) is 11.5 Å². The van der Waals surface area contributed by atoms with Gasteiger partial charge in [0.2, 0.25) is 5.76 Å². The van der Waals surface area contributed by atoms with Crippen molar-refractivity contribution in [3.63, 3.8) is 0 Å². The second-order valence-corrected chi connectivity index (χ2v) is 4.67. The Bertz CT molecular complexity index is 830. The highest BCUT2D eigenvalue weighted by Gasteiger charge is 2.16. The molecule has 2 aromatic rings. The maximum atomic E-state index is 11.9. The van der Waals surface area contributed by atoms with Gasteiger partial charge in [-0.05, 0) is 42.8 Å². The molecular formula is C18H15NO6. The van der Waals surface area contributed by atoms with Crippen LogP contribution >= 0.6 is 0 Å². The largest absolute Gasteiger partial charge is 0.493 e. The Morgan fingerprint density at radius 2 is 2.08 bits per heavy atom. The van der Waals surface area contributed by atoms with E-state index in [2.05, 4.69) is 0 Å². The number of hydrogen-bond acceptors (Lipinski definition) is 7. The number of benzene rings is 1. The second kappa shape index (κ2) is 8.36. The van der Waals surface area contributed by atoms with E-state index < -0.39 is 11.9 Å². The zero-order chi connectivity index (χ0) is 18.2. The average molecular weight is 341 g/mol. The van der Waals surface area contributed by atoms with Crippen LogP contribution in [-0.2, 0) is 9.53 Å². The maximum absolute atomic E-state index is 11.9. The molecule has 0 aliphatic heterocycles. The standard InChI is InChI=1S/C18H15NO6/c1-3-23-17(20)13(11-19)9-12-6-7-14(16(10-12)22-2)25-18(21)15-5-4-8-24-15/h4-10H,3H2,1-2H3/b13-9+. The van der Waals surface area contributed by atoms with E-state index in [0.29, 0.717) is 5.56 Å². The van der Waals surface area contributed by atoms with Crippen LogP contribution < -0.4 is 9.47 Å². The molecule has 0 aliphatic carbocycles. The average Bonchev–Trinajstić information content (AvgIpc) is 3.15. The van der Waals surface area contributed by atoms with E-state index >= 15 is 0 Å². The lowest BCUT2D eigenvalue weighted by Crippen LogP contribution is -2.08. The molecule has 0 saturated carbocycles. The lowest BCUT2D eigenvalue weighted by atomic mass is 10.1. The third-order valence-corrected chi connectivity index (χ3v) is 3.04. The van der Waals surface area contributed by atoms with Crippen LogP contribution in [0.2, 0.25) is 0 Å². The number of hydrogen-bond donors (Lipinski definition) is 0. The van der Waals surface area contributed by atoms with Gasteiger partial charge in [-0.1, -0.05) is 6.07 Å². The van der Waals surface area contributed by atoms with Crippen LogP contribution in [0, 0.1) is 11.3 Å². The minimum Gasteiger partial charge on any atom is -0.493 e. The fourth-order valence-electron chi connectivity index (χ4n) is 1.92. The molecule has 0 atom stereocenters. The van der Waals surface area contributed by atoms with Gasteiger partial charge in [0.25, 0.3) is 0 Å². The predicted octanol–water partition coefficient (Wildman–Crippen LogP) is 2.98. The maximum Gasteiger partial charge on any atom is 0.379 e. The van der Waals surface area contributed by atoms with Crippen molar-refractivity contribution in [2.45, 2.75) is 6.92 Å². The molecule has 2 rings (SSSR count). The summed E-state index contributed by atoms with van der Waals surface area (Å²) >= 11 is 0. The number of carbonyl (C=O) groups excluding carboxylic acids is 2. The number of methoxy groups -OCH3 is 1. The fraction of sp³-hybridized carbons (Fsp3) is 0.167. The molecule has 0 radical (unpaired) electrons. The smallest absolute Gasteiger partial charge is 0.379 e. The van der Waals surface area contributed by atoms with Crippen LogP contribution in [0.25, 0.3) is 6.08 Å². The first-order valence-corrected chi connectivity index (χ1v) is 7.31. The van der Waals surface area contributed by atoms with E-state index in [9.17, 15) is 9.59 Å². The van der Waals surface area contributed by atoms with Crippen LogP contribution in [0.3, 0.4) is 0 Å². The van der Waals surface area contributed by atoms with E-state index in [4.69, 9.17) is 23.9 Å². The van der Waals surface area contributed by atoms with Crippen LogP contribution in [0.1, 0.15) is 23.0 Å². The molecule has 0 spiro atoms. The Kier molecular flexibility index (Phi) is 5.96. The van der Waals surface area contributed by atoms with Gasteiger partial charge in [0.05, 0.1) is 20.0 Å². The Balaban J connectivity index is 2.25. The SMILES string of the molecule is CCOC(=O)/C(C#N)=C/c1ccc(OC(=O)c2ccco2)c(OC)c1. The van der Waals surface area contributed by atoms with E-state index in [1.165, 1.54) is 37.6 Å². The third-order valence-electron chi connectivity index (χ3n) is 3.04. The highest BCUT2D eigenvalue weighted by atomic mass is 16.6. The van der Waals surface area contributed by atoms with E-state index in [-0.39, 0.29) is 29.4 Å². The van der Waals surface area contributed by atoms with Gasteiger partial charge in [-0.15, -0.1) is 0 Å². The minimum atomic E-state index is -0.711. The van der Waals surface area contributed by atoms with Gasteiger partial charge in [-0.2, -0.15) is 5.26 Å². The quantitative estimate of drug-likeness (QED) is 0.345. The molecule has 0 unspecified atom stereocenters. The lowest BCUT2D eigenvalue weighted by Gasteiger charge is -2.09. The zero-order valence-corrected chi connectivity index (χ0v) is 13.6. The Morgan fingerprint density at radius 3 is 2.68 bits per heavy atom. The molecule has 7 heteroatoms. The van der Waals surface area contributed by atoms with Crippen LogP contribution in [-0.4, -0.2) is 25.7 Å². The van der Waals surface area contributed by atoms with Crippen molar-refractivity contribution in [2.24, 2.45) is 0 Å².